The summed E-state index contributed by atoms with van der Waals surface area (Å²) in [6, 6.07) is 4.32. The zero-order valence-electron chi connectivity index (χ0n) is 13.2. The van der Waals surface area contributed by atoms with E-state index in [9.17, 15) is 0 Å². The maximum absolute atomic E-state index is 5.52. The van der Waals surface area contributed by atoms with Crippen molar-refractivity contribution >= 4 is 0 Å². The summed E-state index contributed by atoms with van der Waals surface area (Å²) >= 11 is 0. The molecule has 6 nitrogen and oxygen atoms in total. The minimum absolute atomic E-state index is 0.538. The maximum Gasteiger partial charge on any atom is 0.241 e. The molecule has 118 valence electrons. The third-order valence-electron chi connectivity index (χ3n) is 4.04. The monoisotopic (exact) mass is 302 g/mol. The number of aromatic nitrogens is 3. The Hall–Kier alpha value is -1.95. The normalized spacial score (nSPS) is 19.3. The Kier molecular flexibility index (Phi) is 4.68. The molecule has 1 fully saturated rings. The van der Waals surface area contributed by atoms with Gasteiger partial charge in [0.25, 0.3) is 0 Å². The smallest absolute Gasteiger partial charge is 0.241 e. The largest absolute Gasteiger partial charge is 0.477 e. The van der Waals surface area contributed by atoms with Crippen molar-refractivity contribution in [1.82, 2.24) is 20.0 Å². The van der Waals surface area contributed by atoms with E-state index in [1.807, 2.05) is 19.1 Å². The molecule has 0 aromatic carbocycles. The molecule has 0 N–H and O–H groups in total. The zero-order valence-corrected chi connectivity index (χ0v) is 13.2. The molecule has 1 unspecified atom stereocenters. The predicted molar refractivity (Wildman–Crippen MR) is 82.4 cm³/mol. The number of rotatable bonds is 5. The van der Waals surface area contributed by atoms with E-state index in [0.717, 1.165) is 12.1 Å². The standard InChI is InChI=1S/C16H22N4O2/c1-3-21-16-13(8-6-9-17-16)15-18-14(22-19-15)11-20-10-5-4-7-12(20)2/h6,8-9,12H,3-5,7,10-11H2,1-2H3. The summed E-state index contributed by atoms with van der Waals surface area (Å²) in [6.07, 6.45) is 5.48. The van der Waals surface area contributed by atoms with Crippen molar-refractivity contribution in [2.24, 2.45) is 0 Å². The van der Waals surface area contributed by atoms with Gasteiger partial charge in [-0.1, -0.05) is 11.6 Å². The van der Waals surface area contributed by atoms with Crippen LogP contribution >= 0.6 is 0 Å². The fourth-order valence-corrected chi connectivity index (χ4v) is 2.81. The van der Waals surface area contributed by atoms with Gasteiger partial charge in [-0.15, -0.1) is 0 Å². The van der Waals surface area contributed by atoms with Gasteiger partial charge in [-0.3, -0.25) is 4.90 Å². The summed E-state index contributed by atoms with van der Waals surface area (Å²) in [4.78, 5) is 11.1. The third-order valence-corrected chi connectivity index (χ3v) is 4.04. The van der Waals surface area contributed by atoms with E-state index >= 15 is 0 Å². The molecule has 0 radical (unpaired) electrons. The van der Waals surface area contributed by atoms with E-state index in [-0.39, 0.29) is 0 Å². The first kappa shape index (κ1) is 15.0. The minimum atomic E-state index is 0.538. The molecule has 6 heteroatoms. The lowest BCUT2D eigenvalue weighted by Gasteiger charge is -2.31. The van der Waals surface area contributed by atoms with E-state index < -0.39 is 0 Å². The highest BCUT2D eigenvalue weighted by Gasteiger charge is 2.21. The number of piperidine rings is 1. The molecule has 2 aromatic rings. The van der Waals surface area contributed by atoms with E-state index in [4.69, 9.17) is 9.26 Å². The average Bonchev–Trinajstić information content (AvgIpc) is 2.99. The average molecular weight is 302 g/mol. The van der Waals surface area contributed by atoms with Crippen molar-refractivity contribution in [3.8, 4) is 17.3 Å². The van der Waals surface area contributed by atoms with Crippen LogP contribution in [0, 0.1) is 0 Å². The van der Waals surface area contributed by atoms with Crippen LogP contribution in [-0.4, -0.2) is 39.2 Å². The molecule has 1 aliphatic rings. The molecule has 3 heterocycles. The van der Waals surface area contributed by atoms with Crippen LogP contribution in [0.5, 0.6) is 5.88 Å². The fraction of sp³-hybridized carbons (Fsp3) is 0.562. The zero-order chi connectivity index (χ0) is 15.4. The van der Waals surface area contributed by atoms with Gasteiger partial charge in [-0.2, -0.15) is 4.98 Å². The number of nitrogens with zero attached hydrogens (tertiary/aromatic N) is 4. The molecular weight excluding hydrogens is 280 g/mol. The first-order valence-electron chi connectivity index (χ1n) is 7.92. The van der Waals surface area contributed by atoms with Crippen molar-refractivity contribution in [3.05, 3.63) is 24.2 Å². The van der Waals surface area contributed by atoms with Crippen molar-refractivity contribution < 1.29 is 9.26 Å². The highest BCUT2D eigenvalue weighted by atomic mass is 16.5. The van der Waals surface area contributed by atoms with Gasteiger partial charge < -0.3 is 9.26 Å². The predicted octanol–water partition coefficient (Wildman–Crippen LogP) is 2.90. The molecule has 0 spiro atoms. The molecule has 0 amide bonds. The maximum atomic E-state index is 5.52. The molecule has 0 bridgehead atoms. The highest BCUT2D eigenvalue weighted by Crippen LogP contribution is 2.26. The van der Waals surface area contributed by atoms with Gasteiger partial charge in [-0.25, -0.2) is 4.98 Å². The quantitative estimate of drug-likeness (QED) is 0.846. The van der Waals surface area contributed by atoms with Crippen molar-refractivity contribution in [3.63, 3.8) is 0 Å². The lowest BCUT2D eigenvalue weighted by Crippen LogP contribution is -2.36. The van der Waals surface area contributed by atoms with Crippen molar-refractivity contribution in [2.45, 2.75) is 45.7 Å². The Labute approximate surface area is 130 Å². The van der Waals surface area contributed by atoms with Crippen LogP contribution in [0.1, 0.15) is 39.0 Å². The summed E-state index contributed by atoms with van der Waals surface area (Å²) in [5, 5.41) is 4.09. The molecule has 3 rings (SSSR count). The van der Waals surface area contributed by atoms with Gasteiger partial charge in [0.15, 0.2) is 0 Å². The van der Waals surface area contributed by atoms with Gasteiger partial charge in [0.05, 0.1) is 18.7 Å². The lowest BCUT2D eigenvalue weighted by molar-refractivity contribution is 0.135. The molecule has 0 saturated carbocycles. The van der Waals surface area contributed by atoms with Crippen LogP contribution in [0.15, 0.2) is 22.9 Å². The van der Waals surface area contributed by atoms with Gasteiger partial charge >= 0.3 is 0 Å². The SMILES string of the molecule is CCOc1ncccc1-c1noc(CN2CCCCC2C)n1. The van der Waals surface area contributed by atoms with E-state index in [2.05, 4.69) is 26.9 Å². The fourth-order valence-electron chi connectivity index (χ4n) is 2.81. The van der Waals surface area contributed by atoms with Crippen LogP contribution in [0.3, 0.4) is 0 Å². The molecule has 1 atom stereocenters. The van der Waals surface area contributed by atoms with Crippen LogP contribution in [0.25, 0.3) is 11.4 Å². The summed E-state index contributed by atoms with van der Waals surface area (Å²) in [5.41, 5.74) is 0.769. The van der Waals surface area contributed by atoms with Crippen LogP contribution in [0.2, 0.25) is 0 Å². The van der Waals surface area contributed by atoms with E-state index in [1.165, 1.54) is 19.3 Å². The summed E-state index contributed by atoms with van der Waals surface area (Å²) < 4.78 is 10.9. The van der Waals surface area contributed by atoms with E-state index in [0.29, 0.717) is 36.8 Å². The topological polar surface area (TPSA) is 64.3 Å². The molecule has 22 heavy (non-hydrogen) atoms. The van der Waals surface area contributed by atoms with Crippen LogP contribution < -0.4 is 4.74 Å². The minimum Gasteiger partial charge on any atom is -0.477 e. The van der Waals surface area contributed by atoms with Gasteiger partial charge in [-0.05, 0) is 45.4 Å². The van der Waals surface area contributed by atoms with Crippen molar-refractivity contribution in [2.75, 3.05) is 13.2 Å². The number of hydrogen-bond donors (Lipinski definition) is 0. The number of pyridine rings is 1. The summed E-state index contributed by atoms with van der Waals surface area (Å²) in [5.74, 6) is 1.73. The summed E-state index contributed by atoms with van der Waals surface area (Å²) in [6.45, 7) is 6.54. The first-order valence-corrected chi connectivity index (χ1v) is 7.92. The molecule has 2 aromatic heterocycles. The van der Waals surface area contributed by atoms with Crippen LogP contribution in [0.4, 0.5) is 0 Å². The molecule has 1 aliphatic heterocycles. The molecular formula is C16H22N4O2. The van der Waals surface area contributed by atoms with Crippen LogP contribution in [-0.2, 0) is 6.54 Å². The molecule has 1 saturated heterocycles. The Morgan fingerprint density at radius 3 is 3.14 bits per heavy atom. The second-order valence-corrected chi connectivity index (χ2v) is 5.62. The Morgan fingerprint density at radius 2 is 2.32 bits per heavy atom. The van der Waals surface area contributed by atoms with Crippen molar-refractivity contribution in [1.29, 1.82) is 0 Å². The highest BCUT2D eigenvalue weighted by molar-refractivity contribution is 5.60. The Morgan fingerprint density at radius 1 is 1.41 bits per heavy atom. The van der Waals surface area contributed by atoms with Gasteiger partial charge in [0.1, 0.15) is 0 Å². The summed E-state index contributed by atoms with van der Waals surface area (Å²) in [7, 11) is 0. The first-order chi connectivity index (χ1) is 10.8. The molecule has 0 aliphatic carbocycles. The second kappa shape index (κ2) is 6.87. The Balaban J connectivity index is 1.76. The lowest BCUT2D eigenvalue weighted by atomic mass is 10.0. The third kappa shape index (κ3) is 3.27. The number of likely N-dealkylation sites (tertiary alicyclic amines) is 1. The second-order valence-electron chi connectivity index (χ2n) is 5.62. The van der Waals surface area contributed by atoms with Gasteiger partial charge in [0.2, 0.25) is 17.6 Å². The number of ether oxygens (including phenoxy) is 1. The Bertz CT molecular complexity index is 614. The number of hydrogen-bond acceptors (Lipinski definition) is 6. The van der Waals surface area contributed by atoms with Gasteiger partial charge in [0, 0.05) is 12.2 Å². The van der Waals surface area contributed by atoms with E-state index in [1.54, 1.807) is 6.20 Å².